The van der Waals surface area contributed by atoms with E-state index in [0.717, 1.165) is 31.6 Å². The zero-order valence-corrected chi connectivity index (χ0v) is 11.9. The van der Waals surface area contributed by atoms with Crippen molar-refractivity contribution < 1.29 is 9.66 Å². The third-order valence-corrected chi connectivity index (χ3v) is 4.00. The van der Waals surface area contributed by atoms with Crippen molar-refractivity contribution in [3.63, 3.8) is 0 Å². The first-order chi connectivity index (χ1) is 9.55. The number of anilines is 1. The zero-order valence-electron chi connectivity index (χ0n) is 11.9. The average Bonchev–Trinajstić information content (AvgIpc) is 2.47. The van der Waals surface area contributed by atoms with Crippen molar-refractivity contribution in [2.75, 3.05) is 25.1 Å². The van der Waals surface area contributed by atoms with Gasteiger partial charge < -0.3 is 15.4 Å². The predicted molar refractivity (Wildman–Crippen MR) is 78.2 cm³/mol. The van der Waals surface area contributed by atoms with Crippen molar-refractivity contribution >= 4 is 11.4 Å². The number of hydrogen-bond donors (Lipinski definition) is 1. The number of nitrogens with zero attached hydrogens (tertiary/aromatic N) is 2. The van der Waals surface area contributed by atoms with E-state index in [4.69, 9.17) is 10.5 Å². The molecule has 1 aliphatic rings. The van der Waals surface area contributed by atoms with E-state index in [-0.39, 0.29) is 16.7 Å². The summed E-state index contributed by atoms with van der Waals surface area (Å²) in [5.41, 5.74) is 7.00. The molecule has 6 nitrogen and oxygen atoms in total. The molecular formula is C14H21N3O3. The molecule has 20 heavy (non-hydrogen) atoms. The first-order valence-electron chi connectivity index (χ1n) is 6.89. The SMILES string of the molecule is CCC1CN(c2cc(OC)cc([N+](=O)[O-])c2)CCC1N. The summed E-state index contributed by atoms with van der Waals surface area (Å²) < 4.78 is 5.15. The number of non-ortho nitro benzene ring substituents is 1. The van der Waals surface area contributed by atoms with E-state index in [1.165, 1.54) is 13.2 Å². The topological polar surface area (TPSA) is 81.6 Å². The van der Waals surface area contributed by atoms with Crippen molar-refractivity contribution in [1.82, 2.24) is 0 Å². The number of nitro groups is 1. The van der Waals surface area contributed by atoms with Gasteiger partial charge in [-0.15, -0.1) is 0 Å². The lowest BCUT2D eigenvalue weighted by Gasteiger charge is -2.37. The molecule has 1 aromatic carbocycles. The molecule has 0 aromatic heterocycles. The summed E-state index contributed by atoms with van der Waals surface area (Å²) >= 11 is 0. The molecule has 0 radical (unpaired) electrons. The second-order valence-corrected chi connectivity index (χ2v) is 5.21. The Morgan fingerprint density at radius 2 is 2.25 bits per heavy atom. The van der Waals surface area contributed by atoms with Crippen LogP contribution in [0.3, 0.4) is 0 Å². The van der Waals surface area contributed by atoms with Crippen LogP contribution in [0.25, 0.3) is 0 Å². The van der Waals surface area contributed by atoms with Crippen molar-refractivity contribution in [3.8, 4) is 5.75 Å². The van der Waals surface area contributed by atoms with E-state index in [2.05, 4.69) is 11.8 Å². The molecule has 0 saturated carbocycles. The first-order valence-corrected chi connectivity index (χ1v) is 6.89. The molecule has 110 valence electrons. The molecule has 1 aromatic rings. The Kier molecular flexibility index (Phi) is 4.44. The third-order valence-electron chi connectivity index (χ3n) is 4.00. The van der Waals surface area contributed by atoms with Crippen molar-refractivity contribution in [1.29, 1.82) is 0 Å². The van der Waals surface area contributed by atoms with Gasteiger partial charge >= 0.3 is 0 Å². The van der Waals surface area contributed by atoms with Gasteiger partial charge in [-0.05, 0) is 12.3 Å². The Morgan fingerprint density at radius 1 is 1.50 bits per heavy atom. The van der Waals surface area contributed by atoms with Crippen LogP contribution in [-0.2, 0) is 0 Å². The maximum Gasteiger partial charge on any atom is 0.275 e. The molecule has 2 rings (SSSR count). The van der Waals surface area contributed by atoms with Crippen LogP contribution < -0.4 is 15.4 Å². The maximum absolute atomic E-state index is 11.0. The van der Waals surface area contributed by atoms with Gasteiger partial charge in [-0.2, -0.15) is 0 Å². The molecule has 0 bridgehead atoms. The lowest BCUT2D eigenvalue weighted by atomic mass is 9.90. The fourth-order valence-corrected chi connectivity index (χ4v) is 2.69. The van der Waals surface area contributed by atoms with Gasteiger partial charge in [0.1, 0.15) is 5.75 Å². The van der Waals surface area contributed by atoms with E-state index in [0.29, 0.717) is 11.7 Å². The summed E-state index contributed by atoms with van der Waals surface area (Å²) in [5.74, 6) is 0.936. The molecule has 2 atom stereocenters. The van der Waals surface area contributed by atoms with E-state index < -0.39 is 0 Å². The molecule has 6 heteroatoms. The van der Waals surface area contributed by atoms with Gasteiger partial charge in [0.2, 0.25) is 0 Å². The Labute approximate surface area is 118 Å². The van der Waals surface area contributed by atoms with Gasteiger partial charge in [0.05, 0.1) is 18.1 Å². The average molecular weight is 279 g/mol. The summed E-state index contributed by atoms with van der Waals surface area (Å²) in [6, 6.07) is 5.11. The van der Waals surface area contributed by atoms with Crippen molar-refractivity contribution in [2.45, 2.75) is 25.8 Å². The van der Waals surface area contributed by atoms with Crippen LogP contribution in [0.15, 0.2) is 18.2 Å². The van der Waals surface area contributed by atoms with Gasteiger partial charge in [0, 0.05) is 37.0 Å². The summed E-state index contributed by atoms with van der Waals surface area (Å²) in [5, 5.41) is 11.0. The molecular weight excluding hydrogens is 258 g/mol. The van der Waals surface area contributed by atoms with Gasteiger partial charge in [0.15, 0.2) is 0 Å². The Balaban J connectivity index is 2.27. The van der Waals surface area contributed by atoms with Gasteiger partial charge in [0.25, 0.3) is 5.69 Å². The molecule has 0 aliphatic carbocycles. The zero-order chi connectivity index (χ0) is 14.7. The number of methoxy groups -OCH3 is 1. The molecule has 1 saturated heterocycles. The summed E-state index contributed by atoms with van der Waals surface area (Å²) in [6.07, 6.45) is 1.92. The molecule has 1 heterocycles. The Morgan fingerprint density at radius 3 is 2.85 bits per heavy atom. The molecule has 2 N–H and O–H groups in total. The summed E-state index contributed by atoms with van der Waals surface area (Å²) in [4.78, 5) is 12.8. The van der Waals surface area contributed by atoms with Gasteiger partial charge in [-0.25, -0.2) is 0 Å². The normalized spacial score (nSPS) is 22.6. The highest BCUT2D eigenvalue weighted by molar-refractivity contribution is 5.58. The number of benzene rings is 1. The minimum atomic E-state index is -0.390. The molecule has 2 unspecified atom stereocenters. The molecule has 1 fully saturated rings. The summed E-state index contributed by atoms with van der Waals surface area (Å²) in [7, 11) is 1.52. The molecule has 0 spiro atoms. The van der Waals surface area contributed by atoms with E-state index in [9.17, 15) is 10.1 Å². The molecule has 1 aliphatic heterocycles. The Bertz CT molecular complexity index is 493. The number of nitro benzene ring substituents is 1. The quantitative estimate of drug-likeness (QED) is 0.674. The van der Waals surface area contributed by atoms with Gasteiger partial charge in [-0.1, -0.05) is 13.3 Å². The van der Waals surface area contributed by atoms with Crippen molar-refractivity contribution in [3.05, 3.63) is 28.3 Å². The van der Waals surface area contributed by atoms with E-state index in [1.54, 1.807) is 6.07 Å². The highest BCUT2D eigenvalue weighted by atomic mass is 16.6. The third kappa shape index (κ3) is 3.01. The largest absolute Gasteiger partial charge is 0.496 e. The number of ether oxygens (including phenoxy) is 1. The minimum Gasteiger partial charge on any atom is -0.496 e. The number of piperidine rings is 1. The number of rotatable bonds is 4. The maximum atomic E-state index is 11.0. The van der Waals surface area contributed by atoms with E-state index >= 15 is 0 Å². The second kappa shape index (κ2) is 6.09. The van der Waals surface area contributed by atoms with Crippen LogP contribution in [0.2, 0.25) is 0 Å². The van der Waals surface area contributed by atoms with Crippen molar-refractivity contribution in [2.24, 2.45) is 11.7 Å². The number of hydrogen-bond acceptors (Lipinski definition) is 5. The fourth-order valence-electron chi connectivity index (χ4n) is 2.69. The van der Waals surface area contributed by atoms with Crippen LogP contribution in [-0.4, -0.2) is 31.2 Å². The smallest absolute Gasteiger partial charge is 0.275 e. The summed E-state index contributed by atoms with van der Waals surface area (Å²) in [6.45, 7) is 3.78. The fraction of sp³-hybridized carbons (Fsp3) is 0.571. The highest BCUT2D eigenvalue weighted by Crippen LogP contribution is 2.31. The lowest BCUT2D eigenvalue weighted by molar-refractivity contribution is -0.384. The number of nitrogens with two attached hydrogens (primary N) is 1. The standard InChI is InChI=1S/C14H21N3O3/c1-3-10-9-16(5-4-14(10)15)11-6-12(17(18)19)8-13(7-11)20-2/h6-8,10,14H,3-5,9,15H2,1-2H3. The monoisotopic (exact) mass is 279 g/mol. The first kappa shape index (κ1) is 14.6. The second-order valence-electron chi connectivity index (χ2n) is 5.21. The Hall–Kier alpha value is -1.82. The van der Waals surface area contributed by atoms with E-state index in [1.807, 2.05) is 6.07 Å². The van der Waals surface area contributed by atoms with Crippen LogP contribution >= 0.6 is 0 Å². The highest BCUT2D eigenvalue weighted by Gasteiger charge is 2.26. The van der Waals surface area contributed by atoms with Crippen LogP contribution in [0.5, 0.6) is 5.75 Å². The van der Waals surface area contributed by atoms with Crippen LogP contribution in [0.4, 0.5) is 11.4 Å². The van der Waals surface area contributed by atoms with Crippen LogP contribution in [0, 0.1) is 16.0 Å². The molecule has 0 amide bonds. The lowest BCUT2D eigenvalue weighted by Crippen LogP contribution is -2.46. The van der Waals surface area contributed by atoms with Gasteiger partial charge in [-0.3, -0.25) is 10.1 Å². The minimum absolute atomic E-state index is 0.0577. The predicted octanol–water partition coefficient (Wildman–Crippen LogP) is 2.17. The van der Waals surface area contributed by atoms with Crippen LogP contribution in [0.1, 0.15) is 19.8 Å².